The summed E-state index contributed by atoms with van der Waals surface area (Å²) in [5.41, 5.74) is 12.9. The molecule has 0 atom stereocenters. The molecule has 0 saturated heterocycles. The minimum absolute atomic E-state index is 0.316. The van der Waals surface area contributed by atoms with Crippen molar-refractivity contribution in [2.45, 2.75) is 0 Å². The largest absolute Gasteiger partial charge is 0.327 e. The molecule has 2 aromatic rings. The van der Waals surface area contributed by atoms with Gasteiger partial charge in [0.15, 0.2) is 0 Å². The van der Waals surface area contributed by atoms with Crippen LogP contribution in [0.2, 0.25) is 0 Å². The third kappa shape index (κ3) is 1.14. The van der Waals surface area contributed by atoms with Crippen molar-refractivity contribution in [3.05, 3.63) is 34.7 Å². The summed E-state index contributed by atoms with van der Waals surface area (Å²) >= 11 is 0. The van der Waals surface area contributed by atoms with Gasteiger partial charge in [0.05, 0.1) is 11.0 Å². The Morgan fingerprint density at radius 2 is 2.29 bits per heavy atom. The van der Waals surface area contributed by atoms with Crippen LogP contribution < -0.4 is 5.43 Å². The number of hydrogen-bond acceptors (Lipinski definition) is 3. The summed E-state index contributed by atoms with van der Waals surface area (Å²) in [6, 6.07) is 7.54. The molecule has 1 aromatic carbocycles. The maximum Gasteiger partial charge on any atom is 0.216 e. The van der Waals surface area contributed by atoms with E-state index < -0.39 is 0 Å². The van der Waals surface area contributed by atoms with Crippen molar-refractivity contribution in [1.29, 1.82) is 0 Å². The van der Waals surface area contributed by atoms with Crippen LogP contribution in [0.4, 0.5) is 5.95 Å². The van der Waals surface area contributed by atoms with E-state index in [1.165, 1.54) is 0 Å². The molecular weight excluding hydrogens is 180 g/mol. The number of nitrogens with zero attached hydrogens (tertiary/aromatic N) is 5. The van der Waals surface area contributed by atoms with E-state index in [1.807, 2.05) is 24.3 Å². The molecule has 0 fully saturated rings. The number of aromatic nitrogens is 2. The maximum absolute atomic E-state index is 8.34. The van der Waals surface area contributed by atoms with Crippen LogP contribution in [0, 0.1) is 0 Å². The minimum Gasteiger partial charge on any atom is -0.327 e. The van der Waals surface area contributed by atoms with Gasteiger partial charge < -0.3 is 5.43 Å². The summed E-state index contributed by atoms with van der Waals surface area (Å²) < 4.78 is 1.63. The Bertz CT molecular complexity index is 508. The van der Waals surface area contributed by atoms with Gasteiger partial charge in [-0.05, 0) is 22.8 Å². The summed E-state index contributed by atoms with van der Waals surface area (Å²) in [6.45, 7) is 0. The Hall–Kier alpha value is -2.20. The number of benzene rings is 1. The van der Waals surface area contributed by atoms with Crippen LogP contribution in [0.25, 0.3) is 21.5 Å². The predicted molar refractivity (Wildman–Crippen MR) is 53.8 cm³/mol. The smallest absolute Gasteiger partial charge is 0.216 e. The Labute approximate surface area is 79.8 Å². The number of nitrogens with one attached hydrogen (secondary N) is 1. The summed E-state index contributed by atoms with van der Waals surface area (Å²) in [7, 11) is 1.74. The van der Waals surface area contributed by atoms with Gasteiger partial charge in [0.1, 0.15) is 0 Å². The molecular formula is C8H8N6. The van der Waals surface area contributed by atoms with Crippen molar-refractivity contribution >= 4 is 17.0 Å². The van der Waals surface area contributed by atoms with Crippen molar-refractivity contribution < 1.29 is 0 Å². The second kappa shape index (κ2) is 3.27. The summed E-state index contributed by atoms with van der Waals surface area (Å²) in [4.78, 5) is 6.86. The first-order valence-corrected chi connectivity index (χ1v) is 4.07. The fourth-order valence-electron chi connectivity index (χ4n) is 1.34. The normalized spacial score (nSPS) is 9.79. The molecule has 0 amide bonds. The lowest BCUT2D eigenvalue weighted by atomic mass is 10.3. The van der Waals surface area contributed by atoms with Crippen molar-refractivity contribution in [2.75, 3.05) is 12.5 Å². The number of fused-ring (bicyclic) bond motifs is 1. The summed E-state index contributed by atoms with van der Waals surface area (Å²) in [6.07, 6.45) is 0. The average molecular weight is 188 g/mol. The molecule has 0 aliphatic heterocycles. The summed E-state index contributed by atoms with van der Waals surface area (Å²) in [5, 5.41) is 3.48. The van der Waals surface area contributed by atoms with E-state index in [0.29, 0.717) is 5.95 Å². The molecule has 6 heteroatoms. The van der Waals surface area contributed by atoms with Crippen molar-refractivity contribution in [1.82, 2.24) is 9.66 Å². The van der Waals surface area contributed by atoms with Crippen LogP contribution in [0.1, 0.15) is 0 Å². The number of rotatable bonds is 2. The van der Waals surface area contributed by atoms with Crippen LogP contribution >= 0.6 is 0 Å². The molecule has 70 valence electrons. The minimum atomic E-state index is 0.316. The highest BCUT2D eigenvalue weighted by molar-refractivity contribution is 5.78. The third-order valence-electron chi connectivity index (χ3n) is 1.90. The van der Waals surface area contributed by atoms with Crippen LogP contribution in [0.3, 0.4) is 0 Å². The molecule has 1 N–H and O–H groups in total. The van der Waals surface area contributed by atoms with E-state index in [-0.39, 0.29) is 0 Å². The van der Waals surface area contributed by atoms with Crippen LogP contribution in [0.5, 0.6) is 0 Å². The van der Waals surface area contributed by atoms with Gasteiger partial charge >= 0.3 is 0 Å². The van der Waals surface area contributed by atoms with E-state index in [2.05, 4.69) is 20.4 Å². The monoisotopic (exact) mass is 188 g/mol. The molecule has 1 heterocycles. The topological polar surface area (TPSA) is 78.6 Å². The Morgan fingerprint density at radius 1 is 1.50 bits per heavy atom. The van der Waals surface area contributed by atoms with Gasteiger partial charge in [0.25, 0.3) is 0 Å². The number of para-hydroxylation sites is 2. The zero-order chi connectivity index (χ0) is 9.97. The standard InChI is InChI=1S/C8H8N6/c1-10-14-7-5-3-2-4-6(7)11-8(14)12-13-9/h2-5,10H,1H3. The van der Waals surface area contributed by atoms with E-state index in [4.69, 9.17) is 5.53 Å². The highest BCUT2D eigenvalue weighted by Crippen LogP contribution is 2.19. The van der Waals surface area contributed by atoms with Gasteiger partial charge in [-0.25, -0.2) is 9.66 Å². The SMILES string of the molecule is CNn1c(N=[N+]=[N-])nc2ccccc21. The highest BCUT2D eigenvalue weighted by atomic mass is 15.5. The number of azide groups is 1. The zero-order valence-electron chi connectivity index (χ0n) is 7.55. The first-order valence-electron chi connectivity index (χ1n) is 4.07. The van der Waals surface area contributed by atoms with E-state index in [9.17, 15) is 0 Å². The van der Waals surface area contributed by atoms with Gasteiger partial charge in [-0.15, -0.1) is 0 Å². The molecule has 0 saturated carbocycles. The fraction of sp³-hybridized carbons (Fsp3) is 0.125. The quantitative estimate of drug-likeness (QED) is 0.445. The second-order valence-corrected chi connectivity index (χ2v) is 2.65. The lowest BCUT2D eigenvalue weighted by Gasteiger charge is -2.02. The molecule has 0 spiro atoms. The van der Waals surface area contributed by atoms with Crippen LogP contribution in [0.15, 0.2) is 29.4 Å². The first kappa shape index (κ1) is 8.40. The van der Waals surface area contributed by atoms with Crippen LogP contribution in [-0.2, 0) is 0 Å². The molecule has 0 unspecified atom stereocenters. The van der Waals surface area contributed by atoms with Gasteiger partial charge in [-0.1, -0.05) is 12.1 Å². The summed E-state index contributed by atoms with van der Waals surface area (Å²) in [5.74, 6) is 0.316. The maximum atomic E-state index is 8.34. The molecule has 0 radical (unpaired) electrons. The molecule has 0 bridgehead atoms. The van der Waals surface area contributed by atoms with E-state index >= 15 is 0 Å². The Balaban J connectivity index is 2.78. The molecule has 0 aliphatic rings. The van der Waals surface area contributed by atoms with Gasteiger partial charge in [0, 0.05) is 12.0 Å². The van der Waals surface area contributed by atoms with Gasteiger partial charge in [0.2, 0.25) is 5.95 Å². The van der Waals surface area contributed by atoms with E-state index in [1.54, 1.807) is 11.7 Å². The lowest BCUT2D eigenvalue weighted by molar-refractivity contribution is 0.948. The van der Waals surface area contributed by atoms with Crippen LogP contribution in [-0.4, -0.2) is 16.7 Å². The predicted octanol–water partition coefficient (Wildman–Crippen LogP) is 2.15. The van der Waals surface area contributed by atoms with Gasteiger partial charge in [-0.2, -0.15) is 0 Å². The highest BCUT2D eigenvalue weighted by Gasteiger charge is 2.06. The molecule has 6 nitrogen and oxygen atoms in total. The lowest BCUT2D eigenvalue weighted by Crippen LogP contribution is -2.07. The molecule has 14 heavy (non-hydrogen) atoms. The Kier molecular flexibility index (Phi) is 1.96. The van der Waals surface area contributed by atoms with Crippen molar-refractivity contribution in [3.8, 4) is 0 Å². The Morgan fingerprint density at radius 3 is 3.00 bits per heavy atom. The van der Waals surface area contributed by atoms with Crippen molar-refractivity contribution in [2.24, 2.45) is 5.11 Å². The average Bonchev–Trinajstić information content (AvgIpc) is 2.55. The first-order chi connectivity index (χ1) is 6.86. The fourth-order valence-corrected chi connectivity index (χ4v) is 1.34. The van der Waals surface area contributed by atoms with Gasteiger partial charge in [-0.3, -0.25) is 0 Å². The third-order valence-corrected chi connectivity index (χ3v) is 1.90. The van der Waals surface area contributed by atoms with Crippen molar-refractivity contribution in [3.63, 3.8) is 0 Å². The molecule has 1 aromatic heterocycles. The molecule has 0 aliphatic carbocycles. The second-order valence-electron chi connectivity index (χ2n) is 2.65. The molecule has 2 rings (SSSR count). The number of hydrogen-bond donors (Lipinski definition) is 1. The van der Waals surface area contributed by atoms with E-state index in [0.717, 1.165) is 11.0 Å². The number of imidazole rings is 1. The zero-order valence-corrected chi connectivity index (χ0v) is 7.55.